The number of hydrazine groups is 1. The lowest BCUT2D eigenvalue weighted by molar-refractivity contribution is 0.0846. The van der Waals surface area contributed by atoms with E-state index >= 15 is 0 Å². The second kappa shape index (κ2) is 5.68. The minimum absolute atomic E-state index is 0.382. The zero-order chi connectivity index (χ0) is 14.7. The van der Waals surface area contributed by atoms with Crippen molar-refractivity contribution in [3.05, 3.63) is 59.4 Å². The number of fused-ring (bicyclic) bond motifs is 1. The van der Waals surface area contributed by atoms with Gasteiger partial charge in [0.05, 0.1) is 15.7 Å². The van der Waals surface area contributed by atoms with Gasteiger partial charge in [-0.15, -0.1) is 11.3 Å². The Morgan fingerprint density at radius 1 is 0.952 bits per heavy atom. The molecule has 3 rings (SSSR count). The van der Waals surface area contributed by atoms with Crippen molar-refractivity contribution in [3.63, 3.8) is 0 Å². The van der Waals surface area contributed by atoms with E-state index in [1.54, 1.807) is 35.8 Å². The van der Waals surface area contributed by atoms with Gasteiger partial charge in [-0.1, -0.05) is 0 Å². The molecule has 0 saturated heterocycles. The normalized spacial score (nSPS) is 10.3. The summed E-state index contributed by atoms with van der Waals surface area (Å²) in [4.78, 5) is 31.7. The largest absolute Gasteiger partial charge is 0.269 e. The molecule has 21 heavy (non-hydrogen) atoms. The third-order valence-corrected chi connectivity index (χ3v) is 3.62. The molecule has 0 saturated carbocycles. The molecule has 0 aliphatic carbocycles. The van der Waals surface area contributed by atoms with Crippen molar-refractivity contribution in [2.45, 2.75) is 0 Å². The van der Waals surface area contributed by atoms with Crippen molar-refractivity contribution >= 4 is 33.4 Å². The van der Waals surface area contributed by atoms with Crippen LogP contribution in [0.1, 0.15) is 20.7 Å². The van der Waals surface area contributed by atoms with Gasteiger partial charge in [0.2, 0.25) is 0 Å². The van der Waals surface area contributed by atoms with E-state index in [9.17, 15) is 9.59 Å². The topological polar surface area (TPSA) is 84.0 Å². The molecular formula is C14H10N4O2S. The number of nitrogens with one attached hydrogen (secondary N) is 2. The van der Waals surface area contributed by atoms with Gasteiger partial charge < -0.3 is 0 Å². The lowest BCUT2D eigenvalue weighted by Gasteiger charge is -2.07. The molecule has 0 atom stereocenters. The van der Waals surface area contributed by atoms with Crippen LogP contribution in [0.2, 0.25) is 0 Å². The van der Waals surface area contributed by atoms with Gasteiger partial charge in [0.1, 0.15) is 0 Å². The summed E-state index contributed by atoms with van der Waals surface area (Å²) in [7, 11) is 0. The zero-order valence-electron chi connectivity index (χ0n) is 10.7. The number of nitrogens with zero attached hydrogens (tertiary/aromatic N) is 2. The smallest absolute Gasteiger partial charge is 0.267 e. The number of carbonyl (C=O) groups excluding carboxylic acids is 2. The number of aromatic nitrogens is 2. The maximum Gasteiger partial charge on any atom is 0.269 e. The monoisotopic (exact) mass is 298 g/mol. The summed E-state index contributed by atoms with van der Waals surface area (Å²) >= 11 is 1.45. The third kappa shape index (κ3) is 2.87. The number of hydrogen-bond donors (Lipinski definition) is 2. The molecular weight excluding hydrogens is 288 g/mol. The van der Waals surface area contributed by atoms with Crippen molar-refractivity contribution < 1.29 is 9.59 Å². The van der Waals surface area contributed by atoms with E-state index in [1.807, 2.05) is 0 Å². The zero-order valence-corrected chi connectivity index (χ0v) is 11.6. The molecule has 6 nitrogen and oxygen atoms in total. The molecule has 2 N–H and O–H groups in total. The predicted octanol–water partition coefficient (Wildman–Crippen LogP) is 1.77. The van der Waals surface area contributed by atoms with E-state index in [2.05, 4.69) is 20.8 Å². The van der Waals surface area contributed by atoms with Crippen molar-refractivity contribution in [2.75, 3.05) is 0 Å². The van der Waals surface area contributed by atoms with Crippen molar-refractivity contribution in [2.24, 2.45) is 0 Å². The Labute approximate surface area is 123 Å². The van der Waals surface area contributed by atoms with Gasteiger partial charge in [-0.05, 0) is 30.3 Å². The van der Waals surface area contributed by atoms with E-state index in [0.717, 1.165) is 10.2 Å². The van der Waals surface area contributed by atoms with Crippen molar-refractivity contribution in [3.8, 4) is 0 Å². The Balaban J connectivity index is 1.67. The van der Waals surface area contributed by atoms with Crippen LogP contribution in [0.3, 0.4) is 0 Å². The first-order valence-corrected chi connectivity index (χ1v) is 6.96. The highest BCUT2D eigenvalue weighted by Gasteiger charge is 2.10. The predicted molar refractivity (Wildman–Crippen MR) is 78.8 cm³/mol. The van der Waals surface area contributed by atoms with Gasteiger partial charge in [-0.25, -0.2) is 4.98 Å². The van der Waals surface area contributed by atoms with Gasteiger partial charge in [-0.3, -0.25) is 25.4 Å². The first-order chi connectivity index (χ1) is 10.2. The van der Waals surface area contributed by atoms with Crippen LogP contribution in [0.4, 0.5) is 0 Å². The van der Waals surface area contributed by atoms with Crippen LogP contribution >= 0.6 is 11.3 Å². The molecule has 7 heteroatoms. The summed E-state index contributed by atoms with van der Waals surface area (Å²) in [6.45, 7) is 0. The van der Waals surface area contributed by atoms with Crippen LogP contribution in [0, 0.1) is 0 Å². The van der Waals surface area contributed by atoms with Gasteiger partial charge in [0.15, 0.2) is 0 Å². The third-order valence-electron chi connectivity index (χ3n) is 2.83. The van der Waals surface area contributed by atoms with E-state index in [-0.39, 0.29) is 5.91 Å². The number of thiazole rings is 1. The number of benzene rings is 1. The van der Waals surface area contributed by atoms with Gasteiger partial charge in [0, 0.05) is 23.5 Å². The van der Waals surface area contributed by atoms with E-state index in [1.165, 1.54) is 23.7 Å². The molecule has 0 spiro atoms. The fourth-order valence-electron chi connectivity index (χ4n) is 1.76. The molecule has 3 aromatic rings. The number of carbonyl (C=O) groups is 2. The van der Waals surface area contributed by atoms with Gasteiger partial charge in [0.25, 0.3) is 11.8 Å². The summed E-state index contributed by atoms with van der Waals surface area (Å²) in [5, 5.41) is 0. The standard InChI is InChI=1S/C14H10N4O2S/c19-13(9-3-5-15-6-4-9)17-18-14(20)10-1-2-11-12(7-10)21-8-16-11/h1-8H,(H,17,19)(H,18,20). The number of rotatable bonds is 2. The Morgan fingerprint density at radius 3 is 2.43 bits per heavy atom. The van der Waals surface area contributed by atoms with Crippen LogP contribution in [-0.4, -0.2) is 21.8 Å². The summed E-state index contributed by atoms with van der Waals surface area (Å²) < 4.78 is 0.920. The van der Waals surface area contributed by atoms with E-state index in [0.29, 0.717) is 11.1 Å². The average Bonchev–Trinajstić information content (AvgIpc) is 3.00. The molecule has 0 bridgehead atoms. The Kier molecular flexibility index (Phi) is 3.57. The minimum Gasteiger partial charge on any atom is -0.267 e. The molecule has 0 fully saturated rings. The molecule has 104 valence electrons. The molecule has 1 aromatic carbocycles. The molecule has 0 aliphatic rings. The summed E-state index contributed by atoms with van der Waals surface area (Å²) in [6, 6.07) is 8.29. The summed E-state index contributed by atoms with van der Waals surface area (Å²) in [6.07, 6.45) is 3.02. The van der Waals surface area contributed by atoms with Crippen LogP contribution in [-0.2, 0) is 0 Å². The highest BCUT2D eigenvalue weighted by atomic mass is 32.1. The van der Waals surface area contributed by atoms with Crippen LogP contribution in [0.25, 0.3) is 10.2 Å². The van der Waals surface area contributed by atoms with Gasteiger partial charge >= 0.3 is 0 Å². The Bertz CT molecular complexity index is 801. The molecule has 0 radical (unpaired) electrons. The first kappa shape index (κ1) is 13.2. The molecule has 2 heterocycles. The highest BCUT2D eigenvalue weighted by molar-refractivity contribution is 7.16. The highest BCUT2D eigenvalue weighted by Crippen LogP contribution is 2.18. The van der Waals surface area contributed by atoms with E-state index in [4.69, 9.17) is 0 Å². The molecule has 0 unspecified atom stereocenters. The van der Waals surface area contributed by atoms with Crippen molar-refractivity contribution in [1.82, 2.24) is 20.8 Å². The van der Waals surface area contributed by atoms with Crippen molar-refractivity contribution in [1.29, 1.82) is 0 Å². The number of hydrogen-bond acceptors (Lipinski definition) is 5. The molecule has 0 aliphatic heterocycles. The lowest BCUT2D eigenvalue weighted by Crippen LogP contribution is -2.41. The number of amides is 2. The Morgan fingerprint density at radius 2 is 1.67 bits per heavy atom. The van der Waals surface area contributed by atoms with Crippen LogP contribution in [0.5, 0.6) is 0 Å². The average molecular weight is 298 g/mol. The molecule has 2 amide bonds. The minimum atomic E-state index is -0.399. The quantitative estimate of drug-likeness (QED) is 0.706. The molecule has 2 aromatic heterocycles. The van der Waals surface area contributed by atoms with Gasteiger partial charge in [-0.2, -0.15) is 0 Å². The number of pyridine rings is 1. The maximum atomic E-state index is 12.0. The first-order valence-electron chi connectivity index (χ1n) is 6.08. The lowest BCUT2D eigenvalue weighted by atomic mass is 10.2. The summed E-state index contributed by atoms with van der Waals surface area (Å²) in [5.74, 6) is -0.780. The second-order valence-electron chi connectivity index (χ2n) is 4.18. The second-order valence-corrected chi connectivity index (χ2v) is 5.07. The summed E-state index contributed by atoms with van der Waals surface area (Å²) in [5.41, 5.74) is 8.18. The SMILES string of the molecule is O=C(NNC(=O)c1ccc2ncsc2c1)c1ccncc1. The maximum absolute atomic E-state index is 12.0. The van der Waals surface area contributed by atoms with E-state index < -0.39 is 5.91 Å². The van der Waals surface area contributed by atoms with Crippen LogP contribution in [0.15, 0.2) is 48.2 Å². The fourth-order valence-corrected chi connectivity index (χ4v) is 2.47. The van der Waals surface area contributed by atoms with Crippen LogP contribution < -0.4 is 10.9 Å². The Hall–Kier alpha value is -2.80. The fraction of sp³-hybridized carbons (Fsp3) is 0.